The number of nitro benzene ring substituents is 2. The Kier molecular flexibility index (Phi) is 7.31. The Hall–Kier alpha value is -4.31. The zero-order valence-electron chi connectivity index (χ0n) is 16.6. The number of hydrogen-bond donors (Lipinski definition) is 1. The fraction of sp³-hybridized carbons (Fsp3) is 0. The first-order chi connectivity index (χ1) is 15.8. The van der Waals surface area contributed by atoms with E-state index in [1.54, 1.807) is 24.3 Å². The summed E-state index contributed by atoms with van der Waals surface area (Å²) in [6.45, 7) is 0. The minimum atomic E-state index is -0.773. The largest absolute Gasteiger partial charge is 0.450 e. The summed E-state index contributed by atoms with van der Waals surface area (Å²) in [5.41, 5.74) is -0.0209. The molecular formula is C22H13IN4O6. The molecule has 0 aliphatic heterocycles. The first-order valence-corrected chi connectivity index (χ1v) is 10.2. The summed E-state index contributed by atoms with van der Waals surface area (Å²) in [5, 5.41) is 34.1. The van der Waals surface area contributed by atoms with Crippen LogP contribution in [0, 0.1) is 35.1 Å². The van der Waals surface area contributed by atoms with E-state index in [0.717, 1.165) is 21.8 Å². The Labute approximate surface area is 200 Å². The Morgan fingerprint density at radius 1 is 1.00 bits per heavy atom. The summed E-state index contributed by atoms with van der Waals surface area (Å²) in [5.74, 6) is -0.505. The van der Waals surface area contributed by atoms with Crippen molar-refractivity contribution in [3.05, 3.63) is 102 Å². The van der Waals surface area contributed by atoms with Crippen LogP contribution in [0.15, 0.2) is 72.3 Å². The Balaban J connectivity index is 1.76. The lowest BCUT2D eigenvalue weighted by Gasteiger charge is -2.07. The SMILES string of the molecule is N#C/C(=C\c1ccc(Oc2ccc([N+](=O)[O-])cc2[N+](=O)[O-])cc1)C(=O)Nc1ccc(I)cc1. The van der Waals surface area contributed by atoms with Crippen molar-refractivity contribution in [3.8, 4) is 17.6 Å². The highest BCUT2D eigenvalue weighted by atomic mass is 127. The number of nitrogens with one attached hydrogen (secondary N) is 1. The summed E-state index contributed by atoms with van der Waals surface area (Å²) in [7, 11) is 0. The molecule has 1 N–H and O–H groups in total. The number of amides is 1. The molecule has 0 spiro atoms. The molecule has 0 heterocycles. The van der Waals surface area contributed by atoms with Crippen molar-refractivity contribution < 1.29 is 19.4 Å². The van der Waals surface area contributed by atoms with Crippen LogP contribution in [0.2, 0.25) is 0 Å². The number of carbonyl (C=O) groups excluding carboxylic acids is 1. The van der Waals surface area contributed by atoms with Gasteiger partial charge < -0.3 is 10.1 Å². The topological polar surface area (TPSA) is 148 Å². The van der Waals surface area contributed by atoms with E-state index in [2.05, 4.69) is 27.9 Å². The predicted molar refractivity (Wildman–Crippen MR) is 128 cm³/mol. The molecule has 11 heteroatoms. The molecule has 0 saturated carbocycles. The molecule has 33 heavy (non-hydrogen) atoms. The summed E-state index contributed by atoms with van der Waals surface area (Å²) >= 11 is 2.14. The summed E-state index contributed by atoms with van der Waals surface area (Å²) in [4.78, 5) is 32.9. The predicted octanol–water partition coefficient (Wildman–Crippen LogP) is 5.45. The van der Waals surface area contributed by atoms with Gasteiger partial charge in [-0.3, -0.25) is 25.0 Å². The maximum absolute atomic E-state index is 12.4. The number of nitrogens with zero attached hydrogens (tertiary/aromatic N) is 3. The van der Waals surface area contributed by atoms with E-state index in [1.807, 2.05) is 18.2 Å². The second kappa shape index (κ2) is 10.3. The number of benzene rings is 3. The van der Waals surface area contributed by atoms with Gasteiger partial charge in [-0.25, -0.2) is 0 Å². The number of nitriles is 1. The van der Waals surface area contributed by atoms with Crippen molar-refractivity contribution in [2.45, 2.75) is 0 Å². The van der Waals surface area contributed by atoms with Crippen LogP contribution in [0.4, 0.5) is 17.1 Å². The van der Waals surface area contributed by atoms with Gasteiger partial charge in [0.1, 0.15) is 17.4 Å². The van der Waals surface area contributed by atoms with Crippen molar-refractivity contribution >= 4 is 51.6 Å². The first-order valence-electron chi connectivity index (χ1n) is 9.16. The minimum Gasteiger partial charge on any atom is -0.450 e. The molecule has 0 aliphatic rings. The number of non-ortho nitro benzene ring substituents is 1. The number of rotatable bonds is 7. The lowest BCUT2D eigenvalue weighted by Crippen LogP contribution is -2.13. The lowest BCUT2D eigenvalue weighted by atomic mass is 10.1. The van der Waals surface area contributed by atoms with Gasteiger partial charge >= 0.3 is 5.69 Å². The normalized spacial score (nSPS) is 10.7. The van der Waals surface area contributed by atoms with Gasteiger partial charge in [0.2, 0.25) is 5.75 Å². The third-order valence-electron chi connectivity index (χ3n) is 4.24. The van der Waals surface area contributed by atoms with Gasteiger partial charge in [0, 0.05) is 15.3 Å². The zero-order valence-corrected chi connectivity index (χ0v) is 18.8. The average molecular weight is 556 g/mol. The van der Waals surface area contributed by atoms with E-state index in [0.29, 0.717) is 11.3 Å². The van der Waals surface area contributed by atoms with Gasteiger partial charge in [0.25, 0.3) is 11.6 Å². The third kappa shape index (κ3) is 6.11. The molecule has 0 fully saturated rings. The first kappa shape index (κ1) is 23.4. The Bertz CT molecular complexity index is 1300. The Morgan fingerprint density at radius 2 is 1.67 bits per heavy atom. The van der Waals surface area contributed by atoms with Crippen LogP contribution in [0.25, 0.3) is 6.08 Å². The van der Waals surface area contributed by atoms with Crippen LogP contribution in [0.1, 0.15) is 5.56 Å². The lowest BCUT2D eigenvalue weighted by molar-refractivity contribution is -0.394. The number of nitro groups is 2. The highest BCUT2D eigenvalue weighted by molar-refractivity contribution is 14.1. The second-order valence-electron chi connectivity index (χ2n) is 6.47. The molecule has 3 aromatic rings. The van der Waals surface area contributed by atoms with Crippen LogP contribution in [0.5, 0.6) is 11.5 Å². The van der Waals surface area contributed by atoms with Crippen molar-refractivity contribution in [1.82, 2.24) is 0 Å². The fourth-order valence-electron chi connectivity index (χ4n) is 2.65. The number of halogens is 1. The minimum absolute atomic E-state index is 0.117. The molecule has 0 radical (unpaired) electrons. The van der Waals surface area contributed by atoms with E-state index < -0.39 is 27.1 Å². The summed E-state index contributed by atoms with van der Waals surface area (Å²) in [6, 6.07) is 18.1. The van der Waals surface area contributed by atoms with Crippen molar-refractivity contribution in [3.63, 3.8) is 0 Å². The van der Waals surface area contributed by atoms with Crippen molar-refractivity contribution in [2.24, 2.45) is 0 Å². The Morgan fingerprint density at radius 3 is 2.24 bits per heavy atom. The quantitative estimate of drug-likeness (QED) is 0.134. The van der Waals surface area contributed by atoms with Gasteiger partial charge in [0.15, 0.2) is 0 Å². The molecule has 164 valence electrons. The van der Waals surface area contributed by atoms with Gasteiger partial charge in [-0.1, -0.05) is 12.1 Å². The van der Waals surface area contributed by atoms with E-state index in [-0.39, 0.29) is 17.1 Å². The zero-order chi connectivity index (χ0) is 24.0. The molecule has 0 unspecified atom stereocenters. The molecule has 3 rings (SSSR count). The van der Waals surface area contributed by atoms with Gasteiger partial charge in [-0.2, -0.15) is 5.26 Å². The molecule has 0 atom stereocenters. The van der Waals surface area contributed by atoms with E-state index in [9.17, 15) is 30.3 Å². The highest BCUT2D eigenvalue weighted by Gasteiger charge is 2.21. The van der Waals surface area contributed by atoms with Crippen LogP contribution < -0.4 is 10.1 Å². The smallest absolute Gasteiger partial charge is 0.318 e. The molecule has 0 aliphatic carbocycles. The third-order valence-corrected chi connectivity index (χ3v) is 4.96. The molecule has 0 bridgehead atoms. The van der Waals surface area contributed by atoms with Gasteiger partial charge in [-0.15, -0.1) is 0 Å². The molecule has 1 amide bonds. The summed E-state index contributed by atoms with van der Waals surface area (Å²) < 4.78 is 6.50. The van der Waals surface area contributed by atoms with E-state index in [4.69, 9.17) is 4.74 Å². The number of anilines is 1. The highest BCUT2D eigenvalue weighted by Crippen LogP contribution is 2.34. The standard InChI is InChI=1S/C22H13IN4O6/c23-16-3-5-17(6-4-16)25-22(28)15(13-24)11-14-1-8-19(9-2-14)33-21-10-7-18(26(29)30)12-20(21)27(31)32/h1-12H,(H,25,28)/b15-11+. The number of ether oxygens (including phenoxy) is 1. The fourth-order valence-corrected chi connectivity index (χ4v) is 3.01. The number of carbonyl (C=O) groups is 1. The molecular weight excluding hydrogens is 543 g/mol. The second-order valence-corrected chi connectivity index (χ2v) is 7.71. The van der Waals surface area contributed by atoms with E-state index in [1.165, 1.54) is 18.2 Å². The maximum atomic E-state index is 12.4. The molecule has 0 aromatic heterocycles. The van der Waals surface area contributed by atoms with Crippen molar-refractivity contribution in [2.75, 3.05) is 5.32 Å². The molecule has 0 saturated heterocycles. The monoisotopic (exact) mass is 556 g/mol. The van der Waals surface area contributed by atoms with Gasteiger partial charge in [-0.05, 0) is 76.7 Å². The maximum Gasteiger partial charge on any atom is 0.318 e. The number of hydrogen-bond acceptors (Lipinski definition) is 7. The molecule has 3 aromatic carbocycles. The van der Waals surface area contributed by atoms with Crippen LogP contribution in [-0.4, -0.2) is 15.8 Å². The summed E-state index contributed by atoms with van der Waals surface area (Å²) in [6.07, 6.45) is 1.39. The van der Waals surface area contributed by atoms with E-state index >= 15 is 0 Å². The molecule has 10 nitrogen and oxygen atoms in total. The van der Waals surface area contributed by atoms with Gasteiger partial charge in [0.05, 0.1) is 15.9 Å². The average Bonchev–Trinajstić information content (AvgIpc) is 2.80. The van der Waals surface area contributed by atoms with Crippen LogP contribution in [-0.2, 0) is 4.79 Å². The van der Waals surface area contributed by atoms with Crippen LogP contribution in [0.3, 0.4) is 0 Å². The van der Waals surface area contributed by atoms with Crippen molar-refractivity contribution in [1.29, 1.82) is 5.26 Å². The van der Waals surface area contributed by atoms with Crippen LogP contribution >= 0.6 is 22.6 Å².